The summed E-state index contributed by atoms with van der Waals surface area (Å²) in [5.41, 5.74) is 7.37. The summed E-state index contributed by atoms with van der Waals surface area (Å²) in [5, 5.41) is 11.4. The molecule has 108 valence electrons. The molecule has 2 aromatic rings. The van der Waals surface area contributed by atoms with E-state index in [0.717, 1.165) is 5.56 Å². The van der Waals surface area contributed by atoms with Crippen LogP contribution in [0.15, 0.2) is 36.7 Å². The number of nitrogens with two attached hydrogens (primary N) is 1. The van der Waals surface area contributed by atoms with Gasteiger partial charge in [-0.15, -0.1) is 0 Å². The lowest BCUT2D eigenvalue weighted by atomic mass is 10.2. The molecule has 0 radical (unpaired) electrons. The molecule has 0 fully saturated rings. The molecule has 7 heteroatoms. The van der Waals surface area contributed by atoms with E-state index < -0.39 is 5.97 Å². The van der Waals surface area contributed by atoms with E-state index in [-0.39, 0.29) is 24.6 Å². The van der Waals surface area contributed by atoms with Gasteiger partial charge in [0.25, 0.3) is 0 Å². The molecule has 0 saturated heterocycles. The lowest BCUT2D eigenvalue weighted by Gasteiger charge is -2.05. The molecule has 0 spiro atoms. The first kappa shape index (κ1) is 14.4. The van der Waals surface area contributed by atoms with Crippen LogP contribution in [0.1, 0.15) is 21.7 Å². The molecule has 0 aliphatic heterocycles. The topological polar surface area (TPSA) is 118 Å². The van der Waals surface area contributed by atoms with Crippen LogP contribution in [-0.4, -0.2) is 27.0 Å². The summed E-state index contributed by atoms with van der Waals surface area (Å²) in [5.74, 6) is -1.27. The number of hydrogen-bond acceptors (Lipinski definition) is 5. The largest absolute Gasteiger partial charge is 0.477 e. The van der Waals surface area contributed by atoms with E-state index in [9.17, 15) is 9.59 Å². The van der Waals surface area contributed by atoms with Crippen LogP contribution in [0, 0.1) is 0 Å². The number of hydrogen-bond donors (Lipinski definition) is 3. The van der Waals surface area contributed by atoms with Gasteiger partial charge in [0.05, 0.1) is 18.3 Å². The van der Waals surface area contributed by atoms with Crippen LogP contribution in [0.25, 0.3) is 0 Å². The van der Waals surface area contributed by atoms with Crippen molar-refractivity contribution in [3.05, 3.63) is 53.6 Å². The Bertz CT molecular complexity index is 638. The number of rotatable bonds is 5. The maximum Gasteiger partial charge on any atom is 0.354 e. The van der Waals surface area contributed by atoms with Gasteiger partial charge in [-0.05, 0) is 23.8 Å². The van der Waals surface area contributed by atoms with Gasteiger partial charge in [0.15, 0.2) is 0 Å². The SMILES string of the molecule is Nc1ccc(CC(=O)NCc2ccc(C(=O)O)nc2)nc1. The van der Waals surface area contributed by atoms with Gasteiger partial charge in [-0.1, -0.05) is 6.07 Å². The van der Waals surface area contributed by atoms with Crippen LogP contribution < -0.4 is 11.1 Å². The molecule has 0 atom stereocenters. The lowest BCUT2D eigenvalue weighted by molar-refractivity contribution is -0.120. The van der Waals surface area contributed by atoms with Crippen molar-refractivity contribution in [3.8, 4) is 0 Å². The summed E-state index contributed by atoms with van der Waals surface area (Å²) >= 11 is 0. The van der Waals surface area contributed by atoms with Crippen molar-refractivity contribution in [1.82, 2.24) is 15.3 Å². The third-order valence-electron chi connectivity index (χ3n) is 2.72. The highest BCUT2D eigenvalue weighted by Crippen LogP contribution is 2.03. The summed E-state index contributed by atoms with van der Waals surface area (Å²) in [7, 11) is 0. The molecule has 0 saturated carbocycles. The quantitative estimate of drug-likeness (QED) is 0.741. The fourth-order valence-corrected chi connectivity index (χ4v) is 1.62. The zero-order valence-electron chi connectivity index (χ0n) is 11.1. The number of amides is 1. The van der Waals surface area contributed by atoms with Crippen molar-refractivity contribution >= 4 is 17.6 Å². The van der Waals surface area contributed by atoms with E-state index >= 15 is 0 Å². The van der Waals surface area contributed by atoms with Crippen molar-refractivity contribution in [1.29, 1.82) is 0 Å². The Morgan fingerprint density at radius 1 is 1.14 bits per heavy atom. The first-order valence-corrected chi connectivity index (χ1v) is 6.20. The second kappa shape index (κ2) is 6.47. The molecule has 2 aromatic heterocycles. The zero-order chi connectivity index (χ0) is 15.2. The van der Waals surface area contributed by atoms with Crippen LogP contribution >= 0.6 is 0 Å². The maximum atomic E-state index is 11.7. The van der Waals surface area contributed by atoms with Crippen molar-refractivity contribution < 1.29 is 14.7 Å². The van der Waals surface area contributed by atoms with E-state index in [2.05, 4.69) is 15.3 Å². The summed E-state index contributed by atoms with van der Waals surface area (Å²) in [6.07, 6.45) is 3.07. The van der Waals surface area contributed by atoms with Crippen molar-refractivity contribution in [3.63, 3.8) is 0 Å². The van der Waals surface area contributed by atoms with Gasteiger partial charge in [0, 0.05) is 18.4 Å². The van der Waals surface area contributed by atoms with Crippen LogP contribution in [0.4, 0.5) is 5.69 Å². The highest BCUT2D eigenvalue weighted by atomic mass is 16.4. The number of nitrogens with one attached hydrogen (secondary N) is 1. The number of carboxylic acid groups (broad SMARTS) is 1. The molecule has 0 aliphatic rings. The summed E-state index contributed by atoms with van der Waals surface area (Å²) < 4.78 is 0. The average molecular weight is 286 g/mol. The molecular formula is C14H14N4O3. The number of carbonyl (C=O) groups excluding carboxylic acids is 1. The molecule has 0 aromatic carbocycles. The number of carboxylic acids is 1. The molecule has 0 unspecified atom stereocenters. The molecule has 2 rings (SSSR count). The summed E-state index contributed by atoms with van der Waals surface area (Å²) in [4.78, 5) is 30.2. The Balaban J connectivity index is 1.86. The lowest BCUT2D eigenvalue weighted by Crippen LogP contribution is -2.25. The van der Waals surface area contributed by atoms with Crippen LogP contribution in [0.5, 0.6) is 0 Å². The van der Waals surface area contributed by atoms with E-state index in [1.165, 1.54) is 18.5 Å². The Labute approximate surface area is 120 Å². The van der Waals surface area contributed by atoms with Gasteiger partial charge in [0.1, 0.15) is 5.69 Å². The fourth-order valence-electron chi connectivity index (χ4n) is 1.62. The predicted molar refractivity (Wildman–Crippen MR) is 75.4 cm³/mol. The molecule has 0 aliphatic carbocycles. The number of carbonyl (C=O) groups is 2. The number of aromatic carboxylic acids is 1. The minimum Gasteiger partial charge on any atom is -0.477 e. The normalized spacial score (nSPS) is 10.1. The third kappa shape index (κ3) is 4.27. The highest BCUT2D eigenvalue weighted by molar-refractivity contribution is 5.85. The van der Waals surface area contributed by atoms with Gasteiger partial charge in [-0.25, -0.2) is 9.78 Å². The Kier molecular flexibility index (Phi) is 4.45. The predicted octanol–water partition coefficient (Wildman–Crippen LogP) is 0.616. The van der Waals surface area contributed by atoms with E-state index in [4.69, 9.17) is 10.8 Å². The first-order valence-electron chi connectivity index (χ1n) is 6.20. The number of nitrogen functional groups attached to an aromatic ring is 1. The Morgan fingerprint density at radius 2 is 1.95 bits per heavy atom. The van der Waals surface area contributed by atoms with Crippen molar-refractivity contribution in [2.24, 2.45) is 0 Å². The molecule has 2 heterocycles. The smallest absolute Gasteiger partial charge is 0.354 e. The van der Waals surface area contributed by atoms with Crippen LogP contribution in [0.2, 0.25) is 0 Å². The molecule has 1 amide bonds. The summed E-state index contributed by atoms with van der Waals surface area (Å²) in [6, 6.07) is 6.38. The summed E-state index contributed by atoms with van der Waals surface area (Å²) in [6.45, 7) is 0.278. The standard InChI is InChI=1S/C14H14N4O3/c15-10-2-3-11(16-8-10)5-13(19)18-7-9-1-4-12(14(20)21)17-6-9/h1-4,6,8H,5,7,15H2,(H,18,19)(H,20,21). The highest BCUT2D eigenvalue weighted by Gasteiger charge is 2.06. The van der Waals surface area contributed by atoms with E-state index in [0.29, 0.717) is 11.4 Å². The van der Waals surface area contributed by atoms with Gasteiger partial charge in [-0.2, -0.15) is 0 Å². The third-order valence-corrected chi connectivity index (χ3v) is 2.72. The van der Waals surface area contributed by atoms with Crippen LogP contribution in [-0.2, 0) is 17.8 Å². The monoisotopic (exact) mass is 286 g/mol. The zero-order valence-corrected chi connectivity index (χ0v) is 11.1. The van der Waals surface area contributed by atoms with Gasteiger partial charge >= 0.3 is 5.97 Å². The maximum absolute atomic E-state index is 11.7. The second-order valence-corrected chi connectivity index (χ2v) is 4.39. The molecule has 0 bridgehead atoms. The molecule has 21 heavy (non-hydrogen) atoms. The number of aromatic nitrogens is 2. The number of pyridine rings is 2. The minimum absolute atomic E-state index is 0.0313. The van der Waals surface area contributed by atoms with Crippen molar-refractivity contribution in [2.45, 2.75) is 13.0 Å². The average Bonchev–Trinajstić information content (AvgIpc) is 2.48. The molecular weight excluding hydrogens is 272 g/mol. The number of anilines is 1. The van der Waals surface area contributed by atoms with Crippen LogP contribution in [0.3, 0.4) is 0 Å². The Hall–Kier alpha value is -2.96. The first-order chi connectivity index (χ1) is 10.0. The minimum atomic E-state index is -1.08. The van der Waals surface area contributed by atoms with Gasteiger partial charge < -0.3 is 16.2 Å². The fraction of sp³-hybridized carbons (Fsp3) is 0.143. The van der Waals surface area contributed by atoms with Crippen molar-refractivity contribution in [2.75, 3.05) is 5.73 Å². The van der Waals surface area contributed by atoms with Gasteiger partial charge in [-0.3, -0.25) is 9.78 Å². The number of nitrogens with zero attached hydrogens (tertiary/aromatic N) is 2. The van der Waals surface area contributed by atoms with E-state index in [1.54, 1.807) is 18.2 Å². The van der Waals surface area contributed by atoms with Gasteiger partial charge in [0.2, 0.25) is 5.91 Å². The molecule has 4 N–H and O–H groups in total. The van der Waals surface area contributed by atoms with E-state index in [1.807, 2.05) is 0 Å². The Morgan fingerprint density at radius 3 is 2.52 bits per heavy atom. The second-order valence-electron chi connectivity index (χ2n) is 4.39. The molecule has 7 nitrogen and oxygen atoms in total.